The molecule has 0 radical (unpaired) electrons. The zero-order valence-electron chi connectivity index (χ0n) is 14.1. The summed E-state index contributed by atoms with van der Waals surface area (Å²) < 4.78 is 12.9. The van der Waals surface area contributed by atoms with Crippen molar-refractivity contribution in [2.24, 2.45) is 5.41 Å². The lowest BCUT2D eigenvalue weighted by Gasteiger charge is -2.46. The molecule has 2 heterocycles. The number of amides is 2. The number of halogens is 1. The molecule has 1 saturated carbocycles. The van der Waals surface area contributed by atoms with Gasteiger partial charge in [0.2, 0.25) is 5.91 Å². The third kappa shape index (κ3) is 3.14. The van der Waals surface area contributed by atoms with Gasteiger partial charge in [0.05, 0.1) is 6.20 Å². The van der Waals surface area contributed by atoms with Crippen LogP contribution in [-0.4, -0.2) is 40.8 Å². The molecule has 24 heavy (non-hydrogen) atoms. The molecule has 0 spiro atoms. The number of hydrogen-bond donors (Lipinski definition) is 1. The van der Waals surface area contributed by atoms with E-state index in [1.165, 1.54) is 12.1 Å². The molecule has 0 unspecified atom stereocenters. The minimum atomic E-state index is -0.456. The number of rotatable bonds is 5. The van der Waals surface area contributed by atoms with Crippen LogP contribution in [0.3, 0.4) is 0 Å². The number of nitrogens with zero attached hydrogens (tertiary/aromatic N) is 2. The maximum atomic E-state index is 12.9. The smallest absolute Gasteiger partial charge is 0.269 e. The van der Waals surface area contributed by atoms with E-state index in [2.05, 4.69) is 17.2 Å². The van der Waals surface area contributed by atoms with E-state index in [9.17, 15) is 14.0 Å². The van der Waals surface area contributed by atoms with Crippen molar-refractivity contribution < 1.29 is 14.0 Å². The molecular weight excluding hydrogens is 309 g/mol. The number of carbonyl (C=O) groups is 2. The molecule has 130 valence electrons. The normalized spacial score (nSPS) is 26.3. The first-order valence-electron chi connectivity index (χ1n) is 8.75. The fourth-order valence-corrected chi connectivity index (χ4v) is 4.24. The molecule has 2 amide bonds. The van der Waals surface area contributed by atoms with Crippen molar-refractivity contribution in [1.29, 1.82) is 0 Å². The fourth-order valence-electron chi connectivity index (χ4n) is 4.24. The quantitative estimate of drug-likeness (QED) is 0.901. The lowest BCUT2D eigenvalue weighted by molar-refractivity contribution is -0.141. The average molecular weight is 333 g/mol. The van der Waals surface area contributed by atoms with Crippen LogP contribution in [0.15, 0.2) is 18.3 Å². The van der Waals surface area contributed by atoms with E-state index in [1.54, 1.807) is 0 Å². The molecule has 5 nitrogen and oxygen atoms in total. The summed E-state index contributed by atoms with van der Waals surface area (Å²) in [5.41, 5.74) is 0.193. The highest BCUT2D eigenvalue weighted by atomic mass is 19.1. The molecule has 2 fully saturated rings. The van der Waals surface area contributed by atoms with Gasteiger partial charge in [0.15, 0.2) is 0 Å². The van der Waals surface area contributed by atoms with Gasteiger partial charge >= 0.3 is 0 Å². The van der Waals surface area contributed by atoms with Gasteiger partial charge in [-0.1, -0.05) is 13.3 Å². The number of piperidine rings is 1. The zero-order chi connectivity index (χ0) is 17.2. The maximum Gasteiger partial charge on any atom is 0.269 e. The number of likely N-dealkylation sites (tertiary alicyclic amines) is 1. The predicted molar refractivity (Wildman–Crippen MR) is 87.8 cm³/mol. The Hall–Kier alpha value is -1.98. The molecule has 6 heteroatoms. The molecule has 0 aromatic carbocycles. The minimum Gasteiger partial charge on any atom is -0.350 e. The van der Waals surface area contributed by atoms with Crippen LogP contribution >= 0.6 is 0 Å². The van der Waals surface area contributed by atoms with E-state index in [4.69, 9.17) is 0 Å². The average Bonchev–Trinajstić information content (AvgIpc) is 3.01. The van der Waals surface area contributed by atoms with Crippen molar-refractivity contribution in [1.82, 2.24) is 15.2 Å². The van der Waals surface area contributed by atoms with Crippen LogP contribution in [0.2, 0.25) is 0 Å². The highest BCUT2D eigenvalue weighted by molar-refractivity contribution is 5.92. The topological polar surface area (TPSA) is 62.3 Å². The van der Waals surface area contributed by atoms with Gasteiger partial charge in [-0.05, 0) is 37.8 Å². The number of carbonyl (C=O) groups excluding carboxylic acids is 2. The highest BCUT2D eigenvalue weighted by Gasteiger charge is 2.49. The number of aromatic nitrogens is 1. The Morgan fingerprint density at radius 1 is 1.46 bits per heavy atom. The fraction of sp³-hybridized carbons (Fsp3) is 0.611. The minimum absolute atomic E-state index is 0.0290. The van der Waals surface area contributed by atoms with E-state index < -0.39 is 5.82 Å². The number of hydrogen-bond acceptors (Lipinski definition) is 3. The first-order chi connectivity index (χ1) is 11.6. The molecule has 2 atom stereocenters. The SMILES string of the molecule is CCCN1C(=O)CC[C@]2(CNC(=O)c3ccc(F)cn3)CCC[C@@H]12. The number of pyridine rings is 1. The molecule has 1 aliphatic carbocycles. The molecule has 1 aliphatic heterocycles. The summed E-state index contributed by atoms with van der Waals surface area (Å²) in [5.74, 6) is -0.498. The molecule has 1 saturated heterocycles. The van der Waals surface area contributed by atoms with Gasteiger partial charge in [0.1, 0.15) is 11.5 Å². The lowest BCUT2D eigenvalue weighted by Crippen LogP contribution is -2.56. The van der Waals surface area contributed by atoms with Gasteiger partial charge in [0, 0.05) is 31.0 Å². The van der Waals surface area contributed by atoms with Gasteiger partial charge in [-0.15, -0.1) is 0 Å². The Labute approximate surface area is 141 Å². The van der Waals surface area contributed by atoms with Crippen LogP contribution in [0.5, 0.6) is 0 Å². The summed E-state index contributed by atoms with van der Waals surface area (Å²) in [5, 5.41) is 2.97. The van der Waals surface area contributed by atoms with Crippen LogP contribution in [0.4, 0.5) is 4.39 Å². The van der Waals surface area contributed by atoms with Crippen LogP contribution in [0, 0.1) is 11.2 Å². The molecule has 3 rings (SSSR count). The van der Waals surface area contributed by atoms with Crippen molar-refractivity contribution >= 4 is 11.8 Å². The van der Waals surface area contributed by atoms with Crippen molar-refractivity contribution in [3.63, 3.8) is 0 Å². The first kappa shape index (κ1) is 16.9. The standard InChI is InChI=1S/C18H24FN3O2/c1-2-10-22-15-4-3-8-18(15,9-7-16(22)23)12-21-17(24)14-6-5-13(19)11-20-14/h5-6,11,15H,2-4,7-10,12H2,1H3,(H,21,24)/t15-,18+/m1/s1. The Morgan fingerprint density at radius 3 is 3.00 bits per heavy atom. The van der Waals surface area contributed by atoms with Gasteiger partial charge in [0.25, 0.3) is 5.91 Å². The molecule has 2 aliphatic rings. The molecule has 0 bridgehead atoms. The predicted octanol–water partition coefficient (Wildman–Crippen LogP) is 2.52. The molecular formula is C18H24FN3O2. The summed E-state index contributed by atoms with van der Waals surface area (Å²) in [6.45, 7) is 3.42. The monoisotopic (exact) mass is 333 g/mol. The first-order valence-corrected chi connectivity index (χ1v) is 8.75. The second-order valence-corrected chi connectivity index (χ2v) is 6.90. The third-order valence-corrected chi connectivity index (χ3v) is 5.42. The lowest BCUT2D eigenvalue weighted by atomic mass is 9.74. The Balaban J connectivity index is 1.69. The zero-order valence-corrected chi connectivity index (χ0v) is 14.1. The molecule has 1 aromatic heterocycles. The highest BCUT2D eigenvalue weighted by Crippen LogP contribution is 2.47. The van der Waals surface area contributed by atoms with Crippen molar-refractivity contribution in [3.8, 4) is 0 Å². The van der Waals surface area contributed by atoms with Crippen molar-refractivity contribution in [3.05, 3.63) is 29.8 Å². The third-order valence-electron chi connectivity index (χ3n) is 5.42. The summed E-state index contributed by atoms with van der Waals surface area (Å²) in [6, 6.07) is 2.85. The summed E-state index contributed by atoms with van der Waals surface area (Å²) in [7, 11) is 0. The van der Waals surface area contributed by atoms with Gasteiger partial charge in [-0.25, -0.2) is 9.37 Å². The molecule has 1 aromatic rings. The van der Waals surface area contributed by atoms with Crippen LogP contribution in [-0.2, 0) is 4.79 Å². The summed E-state index contributed by atoms with van der Waals surface area (Å²) in [6.07, 6.45) is 6.51. The molecule has 1 N–H and O–H groups in total. The van der Waals surface area contributed by atoms with Crippen LogP contribution < -0.4 is 5.32 Å². The Bertz CT molecular complexity index is 619. The Kier molecular flexibility index (Phi) is 4.83. The van der Waals surface area contributed by atoms with E-state index in [0.29, 0.717) is 13.0 Å². The van der Waals surface area contributed by atoms with Gasteiger partial charge < -0.3 is 10.2 Å². The van der Waals surface area contributed by atoms with Crippen molar-refractivity contribution in [2.45, 2.75) is 51.5 Å². The van der Waals surface area contributed by atoms with Gasteiger partial charge in [-0.2, -0.15) is 0 Å². The van der Waals surface area contributed by atoms with Gasteiger partial charge in [-0.3, -0.25) is 9.59 Å². The van der Waals surface area contributed by atoms with E-state index in [0.717, 1.165) is 44.8 Å². The van der Waals surface area contributed by atoms with Crippen molar-refractivity contribution in [2.75, 3.05) is 13.1 Å². The van der Waals surface area contributed by atoms with Crippen LogP contribution in [0.25, 0.3) is 0 Å². The number of fused-ring (bicyclic) bond motifs is 1. The van der Waals surface area contributed by atoms with E-state index in [-0.39, 0.29) is 29.0 Å². The largest absolute Gasteiger partial charge is 0.350 e. The summed E-state index contributed by atoms with van der Waals surface area (Å²) >= 11 is 0. The number of nitrogens with one attached hydrogen (secondary N) is 1. The second-order valence-electron chi connectivity index (χ2n) is 6.90. The van der Waals surface area contributed by atoms with E-state index in [1.807, 2.05) is 4.90 Å². The van der Waals surface area contributed by atoms with E-state index >= 15 is 0 Å². The summed E-state index contributed by atoms with van der Waals surface area (Å²) in [4.78, 5) is 30.4. The Morgan fingerprint density at radius 2 is 2.29 bits per heavy atom. The van der Waals surface area contributed by atoms with Crippen LogP contribution in [0.1, 0.15) is 55.9 Å². The second kappa shape index (κ2) is 6.87. The maximum absolute atomic E-state index is 12.9.